The van der Waals surface area contributed by atoms with Gasteiger partial charge in [-0.05, 0) is 35.9 Å². The van der Waals surface area contributed by atoms with Crippen LogP contribution >= 0.6 is 11.3 Å². The molecule has 0 radical (unpaired) electrons. The molecule has 4 aromatic rings. The third-order valence-electron chi connectivity index (χ3n) is 5.16. The van der Waals surface area contributed by atoms with Crippen LogP contribution in [0.25, 0.3) is 15.7 Å². The maximum absolute atomic E-state index is 13.0. The van der Waals surface area contributed by atoms with Crippen LogP contribution in [0.15, 0.2) is 52.6 Å². The minimum Gasteiger partial charge on any atom is -0.351 e. The van der Waals surface area contributed by atoms with Crippen molar-refractivity contribution in [1.82, 2.24) is 19.5 Å². The van der Waals surface area contributed by atoms with Crippen molar-refractivity contribution < 1.29 is 4.79 Å². The normalized spacial score (nSPS) is 12.5. The molecule has 3 heterocycles. The van der Waals surface area contributed by atoms with E-state index < -0.39 is 0 Å². The first-order valence-electron chi connectivity index (χ1n) is 9.92. The summed E-state index contributed by atoms with van der Waals surface area (Å²) < 4.78 is 4.25. The Morgan fingerprint density at radius 3 is 2.69 bits per heavy atom. The lowest BCUT2D eigenvalue weighted by Crippen LogP contribution is -2.40. The zero-order chi connectivity index (χ0) is 20.4. The van der Waals surface area contributed by atoms with Crippen LogP contribution in [-0.2, 0) is 24.2 Å². The van der Waals surface area contributed by atoms with Crippen molar-refractivity contribution in [2.45, 2.75) is 45.7 Å². The smallest absolute Gasteiger partial charge is 0.291 e. The van der Waals surface area contributed by atoms with Crippen LogP contribution < -0.4 is 10.9 Å². The van der Waals surface area contributed by atoms with Crippen molar-refractivity contribution in [3.8, 4) is 0 Å². The average Bonchev–Trinajstić information content (AvgIpc) is 3.32. The van der Waals surface area contributed by atoms with Crippen LogP contribution in [0.4, 0.5) is 0 Å². The molecule has 1 atom stereocenters. The van der Waals surface area contributed by atoms with Crippen LogP contribution in [0.3, 0.4) is 0 Å². The molecule has 0 bridgehead atoms. The Bertz CT molecular complexity index is 1210. The lowest BCUT2D eigenvalue weighted by Gasteiger charge is -2.17. The molecule has 4 rings (SSSR count). The summed E-state index contributed by atoms with van der Waals surface area (Å²) >= 11 is 1.60. The van der Waals surface area contributed by atoms with Crippen molar-refractivity contribution >= 4 is 33.0 Å². The second-order valence-electron chi connectivity index (χ2n) is 7.13. The molecule has 0 aliphatic heterocycles. The van der Waals surface area contributed by atoms with Crippen molar-refractivity contribution in [2.75, 3.05) is 0 Å². The predicted octanol–water partition coefficient (Wildman–Crippen LogP) is 3.41. The second-order valence-corrected chi connectivity index (χ2v) is 8.08. The van der Waals surface area contributed by atoms with Gasteiger partial charge in [0, 0.05) is 12.5 Å². The summed E-state index contributed by atoms with van der Waals surface area (Å²) in [5.74, 6) is 0.583. The number of amides is 1. The SMILES string of the molecule is CCc1nn(CC(=O)NC(CC)Cc2ccccc2)c(=O)c2cc3sccc3n12. The minimum absolute atomic E-state index is 0.0219. The van der Waals surface area contributed by atoms with Gasteiger partial charge < -0.3 is 5.32 Å². The highest BCUT2D eigenvalue weighted by Gasteiger charge is 2.17. The van der Waals surface area contributed by atoms with Crippen LogP contribution in [0.2, 0.25) is 0 Å². The fourth-order valence-electron chi connectivity index (χ4n) is 3.66. The Kier molecular flexibility index (Phi) is 5.49. The van der Waals surface area contributed by atoms with E-state index in [2.05, 4.69) is 22.5 Å². The molecule has 29 heavy (non-hydrogen) atoms. The number of hydrogen-bond donors (Lipinski definition) is 1. The summed E-state index contributed by atoms with van der Waals surface area (Å²) in [6, 6.07) is 14.0. The van der Waals surface area contributed by atoms with Gasteiger partial charge in [0.2, 0.25) is 5.91 Å². The molecule has 0 saturated heterocycles. The summed E-state index contributed by atoms with van der Waals surface area (Å²) in [6.07, 6.45) is 2.25. The first-order chi connectivity index (χ1) is 14.1. The van der Waals surface area contributed by atoms with Crippen molar-refractivity contribution in [3.63, 3.8) is 0 Å². The van der Waals surface area contributed by atoms with Gasteiger partial charge in [0.25, 0.3) is 5.56 Å². The van der Waals surface area contributed by atoms with E-state index in [1.807, 2.05) is 54.0 Å². The van der Waals surface area contributed by atoms with Gasteiger partial charge in [0.05, 0.1) is 10.2 Å². The van der Waals surface area contributed by atoms with Gasteiger partial charge in [-0.1, -0.05) is 44.2 Å². The van der Waals surface area contributed by atoms with E-state index in [1.54, 1.807) is 11.3 Å². The van der Waals surface area contributed by atoms with E-state index in [0.29, 0.717) is 11.9 Å². The third kappa shape index (κ3) is 3.82. The fourth-order valence-corrected chi connectivity index (χ4v) is 4.47. The van der Waals surface area contributed by atoms with Crippen LogP contribution in [-0.4, -0.2) is 26.1 Å². The average molecular weight is 409 g/mol. The molecule has 0 spiro atoms. The quantitative estimate of drug-likeness (QED) is 0.510. The Hall–Kier alpha value is -2.93. The van der Waals surface area contributed by atoms with E-state index in [9.17, 15) is 9.59 Å². The molecule has 1 amide bonds. The van der Waals surface area contributed by atoms with E-state index in [-0.39, 0.29) is 24.1 Å². The molecule has 1 aromatic carbocycles. The van der Waals surface area contributed by atoms with Gasteiger partial charge in [-0.15, -0.1) is 11.3 Å². The molecule has 0 aliphatic carbocycles. The van der Waals surface area contributed by atoms with Gasteiger partial charge in [-0.3, -0.25) is 14.0 Å². The molecule has 150 valence electrons. The number of fused-ring (bicyclic) bond motifs is 3. The first kappa shape index (κ1) is 19.4. The number of benzene rings is 1. The number of carbonyl (C=O) groups excluding carboxylic acids is 1. The van der Waals surface area contributed by atoms with Gasteiger partial charge >= 0.3 is 0 Å². The van der Waals surface area contributed by atoms with E-state index in [4.69, 9.17) is 0 Å². The van der Waals surface area contributed by atoms with Gasteiger partial charge in [-0.25, -0.2) is 4.68 Å². The Balaban J connectivity index is 1.57. The predicted molar refractivity (Wildman–Crippen MR) is 117 cm³/mol. The third-order valence-corrected chi connectivity index (χ3v) is 6.02. The standard InChI is InChI=1S/C22H24N4O2S/c1-3-16(12-15-8-6-5-7-9-15)23-21(27)14-25-22(28)18-13-19-17(10-11-29-19)26(18)20(4-2)24-25/h5-11,13,16H,3-4,12,14H2,1-2H3,(H,23,27). The number of aryl methyl sites for hydroxylation is 1. The Morgan fingerprint density at radius 2 is 1.97 bits per heavy atom. The maximum Gasteiger partial charge on any atom is 0.291 e. The summed E-state index contributed by atoms with van der Waals surface area (Å²) in [4.78, 5) is 25.6. The molecule has 0 aliphatic rings. The fraction of sp³-hybridized carbons (Fsp3) is 0.318. The maximum atomic E-state index is 13.0. The molecular formula is C22H24N4O2S. The number of thiophene rings is 1. The zero-order valence-electron chi connectivity index (χ0n) is 16.6. The van der Waals surface area contributed by atoms with Gasteiger partial charge in [0.15, 0.2) is 0 Å². The van der Waals surface area contributed by atoms with Crippen molar-refractivity contribution in [1.29, 1.82) is 0 Å². The number of aromatic nitrogens is 3. The number of hydrogen-bond acceptors (Lipinski definition) is 4. The van der Waals surface area contributed by atoms with Crippen molar-refractivity contribution in [3.05, 3.63) is 69.6 Å². The van der Waals surface area contributed by atoms with E-state index in [1.165, 1.54) is 10.2 Å². The summed E-state index contributed by atoms with van der Waals surface area (Å²) in [5, 5.41) is 9.55. The van der Waals surface area contributed by atoms with Gasteiger partial charge in [0.1, 0.15) is 17.9 Å². The molecule has 0 fully saturated rings. The lowest BCUT2D eigenvalue weighted by molar-refractivity contribution is -0.122. The largest absolute Gasteiger partial charge is 0.351 e. The van der Waals surface area contributed by atoms with Crippen LogP contribution in [0.5, 0.6) is 0 Å². The number of carbonyl (C=O) groups is 1. The highest BCUT2D eigenvalue weighted by molar-refractivity contribution is 7.17. The summed E-state index contributed by atoms with van der Waals surface area (Å²) in [7, 11) is 0. The highest BCUT2D eigenvalue weighted by Crippen LogP contribution is 2.24. The number of nitrogens with zero attached hydrogens (tertiary/aromatic N) is 3. The molecule has 7 heteroatoms. The molecular weight excluding hydrogens is 384 g/mol. The zero-order valence-corrected chi connectivity index (χ0v) is 17.4. The lowest BCUT2D eigenvalue weighted by atomic mass is 10.0. The van der Waals surface area contributed by atoms with Crippen LogP contribution in [0.1, 0.15) is 31.7 Å². The molecule has 0 saturated carbocycles. The van der Waals surface area contributed by atoms with Crippen LogP contribution in [0, 0.1) is 0 Å². The topological polar surface area (TPSA) is 68.4 Å². The summed E-state index contributed by atoms with van der Waals surface area (Å²) in [6.45, 7) is 3.97. The molecule has 1 unspecified atom stereocenters. The van der Waals surface area contributed by atoms with E-state index >= 15 is 0 Å². The van der Waals surface area contributed by atoms with Gasteiger partial charge in [-0.2, -0.15) is 5.10 Å². The van der Waals surface area contributed by atoms with Crippen molar-refractivity contribution in [2.24, 2.45) is 0 Å². The Labute approximate surface area is 172 Å². The molecule has 6 nitrogen and oxygen atoms in total. The molecule has 1 N–H and O–H groups in total. The summed E-state index contributed by atoms with van der Waals surface area (Å²) in [5.41, 5.74) is 2.51. The number of rotatable bonds is 7. The monoisotopic (exact) mass is 408 g/mol. The number of nitrogens with one attached hydrogen (secondary N) is 1. The van der Waals surface area contributed by atoms with E-state index in [0.717, 1.165) is 28.9 Å². The Morgan fingerprint density at radius 1 is 1.17 bits per heavy atom. The second kappa shape index (κ2) is 8.21. The highest BCUT2D eigenvalue weighted by atomic mass is 32.1. The first-order valence-corrected chi connectivity index (χ1v) is 10.8. The molecule has 3 aromatic heterocycles. The minimum atomic E-state index is -0.239.